The lowest BCUT2D eigenvalue weighted by molar-refractivity contribution is -0.402. The van der Waals surface area contributed by atoms with Crippen LogP contribution in [0.5, 0.6) is 0 Å². The molecule has 0 aliphatic heterocycles. The van der Waals surface area contributed by atoms with Crippen LogP contribution in [-0.2, 0) is 10.4 Å². The minimum absolute atomic E-state index is 0. The maximum atomic E-state index is 8.52. The minimum Gasteiger partial charge on any atom is -1.00 e. The molecule has 0 aromatic rings. The highest BCUT2D eigenvalue weighted by atomic mass is 79.9. The molecule has 10 heavy (non-hydrogen) atoms. The van der Waals surface area contributed by atoms with Gasteiger partial charge in [-0.25, -0.2) is 0 Å². The first-order valence-corrected chi connectivity index (χ1v) is 2.55. The van der Waals surface area contributed by atoms with Gasteiger partial charge in [-0.1, -0.05) is 0 Å². The van der Waals surface area contributed by atoms with Gasteiger partial charge < -0.3 is 41.4 Å². The molecule has 8 nitrogen and oxygen atoms in total. The van der Waals surface area contributed by atoms with Crippen molar-refractivity contribution in [1.82, 2.24) is 0 Å². The zero-order valence-electron chi connectivity index (χ0n) is 4.09. The van der Waals surface area contributed by atoms with E-state index in [0.29, 0.717) is 0 Å². The normalized spacial score (nSPS) is 8.20. The van der Waals surface area contributed by atoms with Crippen LogP contribution in [0.25, 0.3) is 0 Å². The topological polar surface area (TPSA) is 146 Å². The summed E-state index contributed by atoms with van der Waals surface area (Å²) in [5.74, 6) is 0. The van der Waals surface area contributed by atoms with Gasteiger partial charge in [-0.15, -0.1) is 0 Å². The van der Waals surface area contributed by atoms with Crippen molar-refractivity contribution in [3.8, 4) is 0 Å². The van der Waals surface area contributed by atoms with Crippen molar-refractivity contribution in [2.45, 2.75) is 0 Å². The van der Waals surface area contributed by atoms with Crippen molar-refractivity contribution in [1.29, 1.82) is 0 Å². The minimum atomic E-state index is -5.17. The lowest BCUT2D eigenvalue weighted by Crippen LogP contribution is -3.00. The summed E-state index contributed by atoms with van der Waals surface area (Å²) < 4.78 is 34.1. The average Bonchev–Trinajstić information content (AvgIpc) is 1.19. The summed E-state index contributed by atoms with van der Waals surface area (Å²) in [5, 5.41) is 14.8. The van der Waals surface area contributed by atoms with Crippen LogP contribution in [0.1, 0.15) is 0 Å². The van der Waals surface area contributed by atoms with E-state index in [1.165, 1.54) is 0 Å². The van der Waals surface area contributed by atoms with Crippen molar-refractivity contribution >= 4 is 10.4 Å². The van der Waals surface area contributed by atoms with E-state index in [1.807, 2.05) is 0 Å². The Hall–Kier alpha value is -0.450. The van der Waals surface area contributed by atoms with Crippen LogP contribution in [0, 0.1) is 15.3 Å². The number of rotatable bonds is 0. The SMILES string of the molecule is O=S(=O)([O-])[O-].O=[N+]([O-])[O-].[Br-]. The van der Waals surface area contributed by atoms with Crippen LogP contribution in [0.15, 0.2) is 0 Å². The van der Waals surface area contributed by atoms with Gasteiger partial charge in [0.1, 0.15) is 0 Å². The molecule has 0 aromatic heterocycles. The molecule has 0 saturated carbocycles. The van der Waals surface area contributed by atoms with Gasteiger partial charge >= 0.3 is 0 Å². The van der Waals surface area contributed by atoms with Crippen LogP contribution in [-0.4, -0.2) is 22.6 Å². The molecule has 0 radical (unpaired) electrons. The second-order valence-corrected chi connectivity index (χ2v) is 1.45. The van der Waals surface area contributed by atoms with Gasteiger partial charge in [0.2, 0.25) is 0 Å². The van der Waals surface area contributed by atoms with Crippen LogP contribution >= 0.6 is 0 Å². The van der Waals surface area contributed by atoms with Crippen molar-refractivity contribution in [2.24, 2.45) is 0 Å². The fourth-order valence-electron chi connectivity index (χ4n) is 0. The molecule has 0 atom stereocenters. The third-order valence-electron chi connectivity index (χ3n) is 0. The van der Waals surface area contributed by atoms with Crippen LogP contribution < -0.4 is 17.0 Å². The van der Waals surface area contributed by atoms with Gasteiger partial charge in [-0.05, 0) is 0 Å². The average molecular weight is 238 g/mol. The summed E-state index contributed by atoms with van der Waals surface area (Å²) in [6.45, 7) is 0. The summed E-state index contributed by atoms with van der Waals surface area (Å²) in [5.41, 5.74) is 0. The second-order valence-electron chi connectivity index (χ2n) is 0.632. The highest BCUT2D eigenvalue weighted by molar-refractivity contribution is 7.79. The second kappa shape index (κ2) is 6.67. The van der Waals surface area contributed by atoms with Gasteiger partial charge in [0, 0.05) is 10.4 Å². The molecule has 0 fully saturated rings. The Balaban J connectivity index is -0.0000000910. The Morgan fingerprint density at radius 1 is 1.10 bits per heavy atom. The Labute approximate surface area is 65.9 Å². The van der Waals surface area contributed by atoms with Crippen molar-refractivity contribution in [3.63, 3.8) is 0 Å². The van der Waals surface area contributed by atoms with Crippen LogP contribution in [0.4, 0.5) is 0 Å². The molecule has 0 bridgehead atoms. The lowest BCUT2D eigenvalue weighted by Gasteiger charge is -2.06. The largest absolute Gasteiger partial charge is 1.00 e. The van der Waals surface area contributed by atoms with Gasteiger partial charge in [-0.3, -0.25) is 8.42 Å². The summed E-state index contributed by atoms with van der Waals surface area (Å²) >= 11 is 0. The van der Waals surface area contributed by atoms with Crippen LogP contribution in [0.3, 0.4) is 0 Å². The van der Waals surface area contributed by atoms with Gasteiger partial charge in [-0.2, -0.15) is 0 Å². The van der Waals surface area contributed by atoms with Gasteiger partial charge in [0.05, 0.1) is 5.09 Å². The highest BCUT2D eigenvalue weighted by Crippen LogP contribution is 1.57. The monoisotopic (exact) mass is 237 g/mol. The van der Waals surface area contributed by atoms with E-state index >= 15 is 0 Å². The standard InChI is InChI=1S/BrH.NO3.H2O4S/c;2-1(3)4;1-5(2,3)4/h1H;;(H2,1,2,3,4)/q;-1;/p-3. The molecule has 0 aromatic carbocycles. The van der Waals surface area contributed by atoms with Gasteiger partial charge in [0.15, 0.2) is 0 Å². The molecular formula is BrNO7S-4. The fourth-order valence-corrected chi connectivity index (χ4v) is 0. The van der Waals surface area contributed by atoms with Crippen LogP contribution in [0.2, 0.25) is 0 Å². The van der Waals surface area contributed by atoms with E-state index in [2.05, 4.69) is 0 Å². The van der Waals surface area contributed by atoms with E-state index in [0.717, 1.165) is 0 Å². The van der Waals surface area contributed by atoms with E-state index in [-0.39, 0.29) is 17.0 Å². The maximum Gasteiger partial charge on any atom is 0.0689 e. The zero-order valence-corrected chi connectivity index (χ0v) is 6.49. The molecule has 0 spiro atoms. The van der Waals surface area contributed by atoms with Gasteiger partial charge in [0.25, 0.3) is 0 Å². The predicted molar refractivity (Wildman–Crippen MR) is 20.8 cm³/mol. The molecule has 0 aliphatic carbocycles. The van der Waals surface area contributed by atoms with E-state index in [1.54, 1.807) is 0 Å². The molecule has 10 heteroatoms. The first-order valence-electron chi connectivity index (χ1n) is 1.21. The molecule has 64 valence electrons. The first kappa shape index (κ1) is 16.3. The fraction of sp³-hybridized carbons (Fsp3) is 0. The Bertz CT molecular complexity index is 156. The predicted octanol–water partition coefficient (Wildman–Crippen LogP) is -4.57. The summed E-state index contributed by atoms with van der Waals surface area (Å²) in [7, 11) is -5.17. The molecule has 0 heterocycles. The third kappa shape index (κ3) is 1600. The Morgan fingerprint density at radius 2 is 1.10 bits per heavy atom. The van der Waals surface area contributed by atoms with Crippen molar-refractivity contribution in [3.05, 3.63) is 15.3 Å². The van der Waals surface area contributed by atoms with E-state index in [9.17, 15) is 0 Å². The molecule has 0 unspecified atom stereocenters. The smallest absolute Gasteiger partial charge is 0.0689 e. The number of hydrogen-bond donors (Lipinski definition) is 0. The molecule has 0 saturated heterocycles. The zero-order chi connectivity index (χ0) is 8.08. The summed E-state index contributed by atoms with van der Waals surface area (Å²) in [4.78, 5) is 8.25. The van der Waals surface area contributed by atoms with Crippen molar-refractivity contribution < 1.29 is 39.6 Å². The van der Waals surface area contributed by atoms with Crippen molar-refractivity contribution in [2.75, 3.05) is 0 Å². The maximum absolute atomic E-state index is 8.52. The highest BCUT2D eigenvalue weighted by Gasteiger charge is 1.49. The number of hydrogen-bond acceptors (Lipinski definition) is 7. The molecule has 0 aliphatic rings. The molecular weight excluding hydrogens is 238 g/mol. The summed E-state index contributed by atoms with van der Waals surface area (Å²) in [6.07, 6.45) is 0. The lowest BCUT2D eigenvalue weighted by atomic mass is 13.1. The van der Waals surface area contributed by atoms with E-state index in [4.69, 9.17) is 32.8 Å². The third-order valence-corrected chi connectivity index (χ3v) is 0. The molecule has 0 amide bonds. The quantitative estimate of drug-likeness (QED) is 0.178. The Morgan fingerprint density at radius 3 is 1.10 bits per heavy atom. The number of nitrogens with zero attached hydrogens (tertiary/aromatic N) is 1. The van der Waals surface area contributed by atoms with E-state index < -0.39 is 15.5 Å². The first-order chi connectivity index (χ1) is 3.73. The summed E-state index contributed by atoms with van der Waals surface area (Å²) in [6, 6.07) is 0. The number of halogens is 1. The Kier molecular flexibility index (Phi) is 10.8. The molecule has 0 N–H and O–H groups in total. The molecule has 0 rings (SSSR count).